The van der Waals surface area contributed by atoms with Gasteiger partial charge in [0.2, 0.25) is 21.8 Å². The molecule has 0 aromatic heterocycles. The Bertz CT molecular complexity index is 884. The number of carbonyl (C=O) groups is 2. The second kappa shape index (κ2) is 8.07. The Labute approximate surface area is 171 Å². The fourth-order valence-corrected chi connectivity index (χ4v) is 6.45. The van der Waals surface area contributed by atoms with Crippen LogP contribution < -0.4 is 9.46 Å². The highest BCUT2D eigenvalue weighted by Gasteiger charge is 2.47. The maximum absolute atomic E-state index is 13.0. The number of rotatable bonds is 6. The SMILES string of the molecule is COc1ccc(CN2C(=O)[C@H]3CCCC[C@@H]3C2=O)cc1S(=O)(=O)NC1CCCC1. The van der Waals surface area contributed by atoms with Crippen LogP contribution in [0.1, 0.15) is 56.9 Å². The van der Waals surface area contributed by atoms with Crippen molar-refractivity contribution in [3.8, 4) is 5.75 Å². The second-order valence-corrected chi connectivity index (χ2v) is 10.0. The average molecular weight is 421 g/mol. The molecular formula is C21H28N2O5S. The topological polar surface area (TPSA) is 92.8 Å². The van der Waals surface area contributed by atoms with Crippen LogP contribution in [0.25, 0.3) is 0 Å². The number of nitrogens with zero attached hydrogens (tertiary/aromatic N) is 1. The van der Waals surface area contributed by atoms with E-state index in [1.807, 2.05) is 0 Å². The molecule has 8 heteroatoms. The molecule has 1 saturated heterocycles. The van der Waals surface area contributed by atoms with Gasteiger partial charge in [0.15, 0.2) is 0 Å². The minimum atomic E-state index is -3.75. The first-order chi connectivity index (χ1) is 13.9. The zero-order valence-corrected chi connectivity index (χ0v) is 17.5. The van der Waals surface area contributed by atoms with Gasteiger partial charge in [-0.2, -0.15) is 0 Å². The van der Waals surface area contributed by atoms with E-state index in [1.54, 1.807) is 12.1 Å². The van der Waals surface area contributed by atoms with Gasteiger partial charge in [-0.3, -0.25) is 14.5 Å². The van der Waals surface area contributed by atoms with Crippen molar-refractivity contribution in [3.63, 3.8) is 0 Å². The molecule has 0 spiro atoms. The lowest BCUT2D eigenvalue weighted by Gasteiger charge is -2.19. The smallest absolute Gasteiger partial charge is 0.244 e. The molecule has 2 aliphatic carbocycles. The van der Waals surface area contributed by atoms with Crippen molar-refractivity contribution in [3.05, 3.63) is 23.8 Å². The number of likely N-dealkylation sites (tertiary alicyclic amines) is 1. The highest BCUT2D eigenvalue weighted by Crippen LogP contribution is 2.39. The van der Waals surface area contributed by atoms with Gasteiger partial charge in [-0.15, -0.1) is 0 Å². The molecule has 1 N–H and O–H groups in total. The van der Waals surface area contributed by atoms with E-state index < -0.39 is 10.0 Å². The van der Waals surface area contributed by atoms with Crippen LogP contribution in [0.2, 0.25) is 0 Å². The van der Waals surface area contributed by atoms with Gasteiger partial charge in [0.05, 0.1) is 25.5 Å². The molecule has 1 aromatic rings. The van der Waals surface area contributed by atoms with E-state index in [4.69, 9.17) is 4.74 Å². The highest BCUT2D eigenvalue weighted by atomic mass is 32.2. The third kappa shape index (κ3) is 3.92. The number of methoxy groups -OCH3 is 1. The summed E-state index contributed by atoms with van der Waals surface area (Å²) >= 11 is 0. The largest absolute Gasteiger partial charge is 0.495 e. The summed E-state index contributed by atoms with van der Waals surface area (Å²) in [5.74, 6) is -0.400. The number of hydrogen-bond donors (Lipinski definition) is 1. The average Bonchev–Trinajstić information content (AvgIpc) is 3.30. The number of fused-ring (bicyclic) bond motifs is 1. The summed E-state index contributed by atoms with van der Waals surface area (Å²) in [7, 11) is -2.32. The molecule has 1 aliphatic heterocycles. The second-order valence-electron chi connectivity index (χ2n) is 8.35. The van der Waals surface area contributed by atoms with Gasteiger partial charge < -0.3 is 4.74 Å². The monoisotopic (exact) mass is 420 g/mol. The summed E-state index contributed by atoms with van der Waals surface area (Å²) in [5, 5.41) is 0. The van der Waals surface area contributed by atoms with Crippen LogP contribution in [-0.2, 0) is 26.2 Å². The first kappa shape index (κ1) is 20.3. The van der Waals surface area contributed by atoms with Crippen molar-refractivity contribution in [2.24, 2.45) is 11.8 Å². The summed E-state index contributed by atoms with van der Waals surface area (Å²) in [6.45, 7) is 0.0978. The van der Waals surface area contributed by atoms with E-state index in [2.05, 4.69) is 4.72 Å². The summed E-state index contributed by atoms with van der Waals surface area (Å²) < 4.78 is 33.9. The van der Waals surface area contributed by atoms with Crippen LogP contribution in [0.15, 0.2) is 23.1 Å². The Morgan fingerprint density at radius 2 is 1.59 bits per heavy atom. The van der Waals surface area contributed by atoms with Crippen LogP contribution >= 0.6 is 0 Å². The van der Waals surface area contributed by atoms with Gasteiger partial charge in [-0.05, 0) is 43.4 Å². The Morgan fingerprint density at radius 1 is 1.00 bits per heavy atom. The molecule has 158 valence electrons. The number of amides is 2. The molecule has 1 heterocycles. The van der Waals surface area contributed by atoms with Crippen molar-refractivity contribution in [1.29, 1.82) is 0 Å². The first-order valence-electron chi connectivity index (χ1n) is 10.4. The Morgan fingerprint density at radius 3 is 2.17 bits per heavy atom. The van der Waals surface area contributed by atoms with Crippen molar-refractivity contribution < 1.29 is 22.7 Å². The normalized spacial score (nSPS) is 25.5. The molecule has 1 aromatic carbocycles. The lowest BCUT2D eigenvalue weighted by Crippen LogP contribution is -2.33. The van der Waals surface area contributed by atoms with E-state index in [0.29, 0.717) is 5.56 Å². The molecule has 7 nitrogen and oxygen atoms in total. The van der Waals surface area contributed by atoms with Crippen molar-refractivity contribution in [2.75, 3.05) is 7.11 Å². The van der Waals surface area contributed by atoms with Gasteiger partial charge in [-0.25, -0.2) is 13.1 Å². The lowest BCUT2D eigenvalue weighted by molar-refractivity contribution is -0.140. The van der Waals surface area contributed by atoms with E-state index in [0.717, 1.165) is 51.4 Å². The standard InChI is InChI=1S/C21H28N2O5S/c1-28-18-11-10-14(12-19(18)29(26,27)22-15-6-2-3-7-15)13-23-20(24)16-8-4-5-9-17(16)21(23)25/h10-12,15-17,22H,2-9,13H2,1H3/t16-,17-/m0/s1. The number of nitrogens with one attached hydrogen (secondary N) is 1. The van der Waals surface area contributed by atoms with Gasteiger partial charge in [0, 0.05) is 6.04 Å². The maximum atomic E-state index is 13.0. The fourth-order valence-electron chi connectivity index (χ4n) is 4.93. The number of carbonyl (C=O) groups excluding carboxylic acids is 2. The van der Waals surface area contributed by atoms with Gasteiger partial charge in [0.1, 0.15) is 10.6 Å². The lowest BCUT2D eigenvalue weighted by atomic mass is 9.81. The molecule has 0 radical (unpaired) electrons. The summed E-state index contributed by atoms with van der Waals surface area (Å²) in [6.07, 6.45) is 7.19. The highest BCUT2D eigenvalue weighted by molar-refractivity contribution is 7.89. The molecule has 4 rings (SSSR count). The number of ether oxygens (including phenoxy) is 1. The van der Waals surface area contributed by atoms with E-state index in [9.17, 15) is 18.0 Å². The summed E-state index contributed by atoms with van der Waals surface area (Å²) in [6, 6.07) is 4.78. The predicted octanol–water partition coefficient (Wildman–Crippen LogP) is 2.59. The third-order valence-electron chi connectivity index (χ3n) is 6.47. The number of sulfonamides is 1. The summed E-state index contributed by atoms with van der Waals surface area (Å²) in [4.78, 5) is 26.8. The Balaban J connectivity index is 1.58. The number of hydrogen-bond acceptors (Lipinski definition) is 5. The van der Waals surface area contributed by atoms with Crippen molar-refractivity contribution >= 4 is 21.8 Å². The van der Waals surface area contributed by atoms with Crippen LogP contribution in [0.3, 0.4) is 0 Å². The Hall–Kier alpha value is -1.93. The van der Waals surface area contributed by atoms with Crippen molar-refractivity contribution in [2.45, 2.75) is 68.8 Å². The van der Waals surface area contributed by atoms with E-state index >= 15 is 0 Å². The van der Waals surface area contributed by atoms with Crippen LogP contribution in [0.4, 0.5) is 0 Å². The first-order valence-corrected chi connectivity index (χ1v) is 11.9. The van der Waals surface area contributed by atoms with E-state index in [-0.39, 0.29) is 46.9 Å². The summed E-state index contributed by atoms with van der Waals surface area (Å²) in [5.41, 5.74) is 0.609. The quantitative estimate of drug-likeness (QED) is 0.714. The molecule has 3 aliphatic rings. The predicted molar refractivity (Wildman–Crippen MR) is 107 cm³/mol. The number of imide groups is 1. The molecule has 3 fully saturated rings. The Kier molecular flexibility index (Phi) is 5.66. The molecule has 2 atom stereocenters. The molecule has 0 bridgehead atoms. The zero-order valence-electron chi connectivity index (χ0n) is 16.7. The maximum Gasteiger partial charge on any atom is 0.244 e. The van der Waals surface area contributed by atoms with Gasteiger partial charge in [-0.1, -0.05) is 31.7 Å². The van der Waals surface area contributed by atoms with Crippen LogP contribution in [0.5, 0.6) is 5.75 Å². The molecule has 29 heavy (non-hydrogen) atoms. The van der Waals surface area contributed by atoms with Crippen LogP contribution in [-0.4, -0.2) is 38.3 Å². The number of benzene rings is 1. The molecule has 2 saturated carbocycles. The molecular weight excluding hydrogens is 392 g/mol. The third-order valence-corrected chi connectivity index (χ3v) is 8.01. The molecule has 0 unspecified atom stereocenters. The minimum Gasteiger partial charge on any atom is -0.495 e. The van der Waals surface area contributed by atoms with Gasteiger partial charge >= 0.3 is 0 Å². The minimum absolute atomic E-state index is 0.0564. The fraction of sp³-hybridized carbons (Fsp3) is 0.619. The molecule has 2 amide bonds. The van der Waals surface area contributed by atoms with Crippen molar-refractivity contribution in [1.82, 2.24) is 9.62 Å². The zero-order chi connectivity index (χ0) is 20.6. The van der Waals surface area contributed by atoms with E-state index in [1.165, 1.54) is 18.1 Å². The van der Waals surface area contributed by atoms with Crippen LogP contribution in [0, 0.1) is 11.8 Å². The van der Waals surface area contributed by atoms with Gasteiger partial charge in [0.25, 0.3) is 0 Å².